The number of fused-ring (bicyclic) bond motifs is 1. The van der Waals surface area contributed by atoms with Crippen molar-refractivity contribution in [1.29, 1.82) is 0 Å². The highest BCUT2D eigenvalue weighted by Crippen LogP contribution is 2.30. The molecule has 146 valence electrons. The number of benzene rings is 1. The van der Waals surface area contributed by atoms with Gasteiger partial charge in [0.25, 0.3) is 11.5 Å². The van der Waals surface area contributed by atoms with Crippen LogP contribution in [0.5, 0.6) is 0 Å². The van der Waals surface area contributed by atoms with Crippen molar-refractivity contribution in [3.63, 3.8) is 0 Å². The first-order chi connectivity index (χ1) is 13.8. The van der Waals surface area contributed by atoms with E-state index in [2.05, 4.69) is 10.3 Å². The molecule has 1 N–H and O–H groups in total. The molecule has 3 heterocycles. The van der Waals surface area contributed by atoms with Gasteiger partial charge in [0.05, 0.1) is 21.7 Å². The van der Waals surface area contributed by atoms with E-state index in [0.717, 1.165) is 14.3 Å². The van der Waals surface area contributed by atoms with Crippen molar-refractivity contribution in [3.05, 3.63) is 79.8 Å². The zero-order valence-corrected chi connectivity index (χ0v) is 16.9. The Morgan fingerprint density at radius 1 is 1.03 bits per heavy atom. The number of rotatable bonds is 3. The summed E-state index contributed by atoms with van der Waals surface area (Å²) in [5, 5.41) is 3.39. The molecule has 0 bridgehead atoms. The van der Waals surface area contributed by atoms with Gasteiger partial charge in [-0.3, -0.25) is 18.7 Å². The fourth-order valence-corrected chi connectivity index (χ4v) is 3.93. The number of aryl methyl sites for hydroxylation is 1. The summed E-state index contributed by atoms with van der Waals surface area (Å²) in [5.74, 6) is -0.279. The number of aromatic nitrogens is 3. The van der Waals surface area contributed by atoms with Gasteiger partial charge in [-0.2, -0.15) is 0 Å². The minimum Gasteiger partial charge on any atom is -0.308 e. The molecule has 0 radical (unpaired) electrons. The third kappa shape index (κ3) is 3.38. The molecule has 3 aromatic heterocycles. The maximum Gasteiger partial charge on any atom is 0.332 e. The molecule has 1 amide bonds. The van der Waals surface area contributed by atoms with Crippen molar-refractivity contribution >= 4 is 34.0 Å². The fourth-order valence-electron chi connectivity index (χ4n) is 3.10. The molecule has 0 atom stereocenters. The van der Waals surface area contributed by atoms with Gasteiger partial charge < -0.3 is 5.32 Å². The summed E-state index contributed by atoms with van der Waals surface area (Å²) in [7, 11) is 2.89. The predicted molar refractivity (Wildman–Crippen MR) is 115 cm³/mol. The van der Waals surface area contributed by atoms with Crippen LogP contribution in [0.3, 0.4) is 0 Å². The van der Waals surface area contributed by atoms with E-state index in [4.69, 9.17) is 0 Å². The van der Waals surface area contributed by atoms with E-state index < -0.39 is 17.2 Å². The molecule has 0 spiro atoms. The molecule has 0 aliphatic rings. The number of anilines is 1. The molecule has 0 saturated carbocycles. The first-order valence-corrected chi connectivity index (χ1v) is 9.72. The van der Waals surface area contributed by atoms with Crippen LogP contribution in [0.15, 0.2) is 58.1 Å². The van der Waals surface area contributed by atoms with Gasteiger partial charge in [0.15, 0.2) is 0 Å². The van der Waals surface area contributed by atoms with Gasteiger partial charge in [-0.05, 0) is 31.2 Å². The van der Waals surface area contributed by atoms with Crippen LogP contribution in [0.1, 0.15) is 15.2 Å². The Balaban J connectivity index is 1.84. The number of carbonyl (C=O) groups is 1. The van der Waals surface area contributed by atoms with Gasteiger partial charge in [0, 0.05) is 30.4 Å². The molecule has 0 aliphatic carbocycles. The average Bonchev–Trinajstić information content (AvgIpc) is 3.15. The molecule has 7 nitrogen and oxygen atoms in total. The summed E-state index contributed by atoms with van der Waals surface area (Å²) < 4.78 is 2.21. The minimum atomic E-state index is -0.512. The lowest BCUT2D eigenvalue weighted by Gasteiger charge is -2.13. The number of nitrogens with zero attached hydrogens (tertiary/aromatic N) is 3. The molecule has 29 heavy (non-hydrogen) atoms. The summed E-state index contributed by atoms with van der Waals surface area (Å²) in [6.45, 7) is 2.01. The molecular weight excluding hydrogens is 388 g/mol. The molecule has 0 aliphatic heterocycles. The monoisotopic (exact) mass is 406 g/mol. The summed E-state index contributed by atoms with van der Waals surface area (Å²) in [6.07, 6.45) is 0. The number of thiophene rings is 1. The molecule has 0 unspecified atom stereocenters. The largest absolute Gasteiger partial charge is 0.332 e. The van der Waals surface area contributed by atoms with Gasteiger partial charge in [-0.1, -0.05) is 18.2 Å². The zero-order valence-electron chi connectivity index (χ0n) is 16.1. The molecule has 8 heteroatoms. The van der Waals surface area contributed by atoms with E-state index in [-0.39, 0.29) is 5.82 Å². The van der Waals surface area contributed by atoms with Crippen LogP contribution in [0.25, 0.3) is 21.5 Å². The van der Waals surface area contributed by atoms with E-state index in [1.807, 2.05) is 43.3 Å². The van der Waals surface area contributed by atoms with Gasteiger partial charge in [-0.15, -0.1) is 11.3 Å². The highest BCUT2D eigenvalue weighted by molar-refractivity contribution is 7.15. The van der Waals surface area contributed by atoms with Crippen molar-refractivity contribution in [3.8, 4) is 10.6 Å². The molecule has 4 aromatic rings. The van der Waals surface area contributed by atoms with E-state index in [1.165, 1.54) is 24.7 Å². The molecular formula is C21H18N4O3S. The quantitative estimate of drug-likeness (QED) is 0.567. The summed E-state index contributed by atoms with van der Waals surface area (Å²) in [4.78, 5) is 44.0. The van der Waals surface area contributed by atoms with Crippen molar-refractivity contribution in [2.24, 2.45) is 14.1 Å². The van der Waals surface area contributed by atoms with E-state index in [0.29, 0.717) is 22.2 Å². The lowest BCUT2D eigenvalue weighted by molar-refractivity contribution is 0.102. The minimum absolute atomic E-state index is 0.137. The number of para-hydroxylation sites is 1. The van der Waals surface area contributed by atoms with Crippen LogP contribution in [0.4, 0.5) is 5.82 Å². The Bertz CT molecular complexity index is 1380. The summed E-state index contributed by atoms with van der Waals surface area (Å²) >= 11 is 1.60. The van der Waals surface area contributed by atoms with Crippen molar-refractivity contribution < 1.29 is 4.79 Å². The first kappa shape index (κ1) is 18.8. The Morgan fingerprint density at radius 3 is 2.52 bits per heavy atom. The van der Waals surface area contributed by atoms with Crippen LogP contribution < -0.4 is 16.6 Å². The second-order valence-corrected chi connectivity index (χ2v) is 7.99. The third-order valence-electron chi connectivity index (χ3n) is 4.72. The highest BCUT2D eigenvalue weighted by Gasteiger charge is 2.17. The van der Waals surface area contributed by atoms with Crippen LogP contribution in [-0.4, -0.2) is 20.0 Å². The highest BCUT2D eigenvalue weighted by atomic mass is 32.1. The van der Waals surface area contributed by atoms with Gasteiger partial charge >= 0.3 is 5.69 Å². The van der Waals surface area contributed by atoms with Crippen LogP contribution in [0.2, 0.25) is 0 Å². The number of pyridine rings is 1. The van der Waals surface area contributed by atoms with Crippen LogP contribution in [0, 0.1) is 6.92 Å². The maximum absolute atomic E-state index is 13.1. The first-order valence-electron chi connectivity index (χ1n) is 8.90. The number of carbonyl (C=O) groups excluding carboxylic acids is 1. The van der Waals surface area contributed by atoms with Crippen molar-refractivity contribution in [2.75, 3.05) is 5.32 Å². The molecule has 0 fully saturated rings. The topological polar surface area (TPSA) is 86.0 Å². The predicted octanol–water partition coefficient (Wildman–Crippen LogP) is 2.92. The van der Waals surface area contributed by atoms with Crippen molar-refractivity contribution in [1.82, 2.24) is 14.1 Å². The van der Waals surface area contributed by atoms with Gasteiger partial charge in [-0.25, -0.2) is 9.78 Å². The second-order valence-electron chi connectivity index (χ2n) is 6.71. The Morgan fingerprint density at radius 2 is 1.79 bits per heavy atom. The second kappa shape index (κ2) is 7.14. The normalized spacial score (nSPS) is 11.0. The van der Waals surface area contributed by atoms with Crippen molar-refractivity contribution in [2.45, 2.75) is 6.92 Å². The van der Waals surface area contributed by atoms with Gasteiger partial charge in [0.2, 0.25) is 0 Å². The molecule has 0 saturated heterocycles. The number of nitrogens with one attached hydrogen (secondary N) is 1. The SMILES string of the molecule is Cc1ccc(-c2cc(C(=O)Nc3cc(=O)n(C)c(=O)n3C)c3ccccc3n2)s1. The number of amides is 1. The summed E-state index contributed by atoms with van der Waals surface area (Å²) in [5.41, 5.74) is 0.813. The Labute approximate surface area is 169 Å². The lowest BCUT2D eigenvalue weighted by atomic mass is 10.1. The smallest absolute Gasteiger partial charge is 0.308 e. The Kier molecular flexibility index (Phi) is 4.63. The van der Waals surface area contributed by atoms with Crippen LogP contribution in [-0.2, 0) is 14.1 Å². The zero-order chi connectivity index (χ0) is 20.7. The standard InChI is InChI=1S/C21H18N4O3S/c1-12-8-9-17(29-12)16-10-14(13-6-4-5-7-15(13)22-16)20(27)23-18-11-19(26)25(3)21(28)24(18)2/h4-11H,1-3H3,(H,23,27). The van der Waals surface area contributed by atoms with E-state index >= 15 is 0 Å². The summed E-state index contributed by atoms with van der Waals surface area (Å²) in [6, 6.07) is 14.3. The average molecular weight is 406 g/mol. The number of hydrogen-bond acceptors (Lipinski definition) is 5. The number of hydrogen-bond donors (Lipinski definition) is 1. The third-order valence-corrected chi connectivity index (χ3v) is 5.74. The fraction of sp³-hybridized carbons (Fsp3) is 0.143. The molecule has 4 rings (SSSR count). The maximum atomic E-state index is 13.1. The van der Waals surface area contributed by atoms with Crippen LogP contribution >= 0.6 is 11.3 Å². The van der Waals surface area contributed by atoms with Gasteiger partial charge in [0.1, 0.15) is 5.82 Å². The Hall–Kier alpha value is -3.52. The lowest BCUT2D eigenvalue weighted by Crippen LogP contribution is -2.38. The molecule has 1 aromatic carbocycles. The van der Waals surface area contributed by atoms with E-state index in [1.54, 1.807) is 17.4 Å². The van der Waals surface area contributed by atoms with E-state index in [9.17, 15) is 14.4 Å².